The van der Waals surface area contributed by atoms with Crippen LogP contribution in [0.5, 0.6) is 0 Å². The first-order valence-electron chi connectivity index (χ1n) is 9.27. The van der Waals surface area contributed by atoms with E-state index in [2.05, 4.69) is 59.9 Å². The van der Waals surface area contributed by atoms with Crippen molar-refractivity contribution in [2.75, 3.05) is 13.1 Å². The minimum Gasteiger partial charge on any atom is -0.337 e. The molecule has 3 heterocycles. The fourth-order valence-electron chi connectivity index (χ4n) is 3.58. The summed E-state index contributed by atoms with van der Waals surface area (Å²) in [6.45, 7) is 12.1. The van der Waals surface area contributed by atoms with Crippen molar-refractivity contribution in [3.63, 3.8) is 0 Å². The molecule has 0 unspecified atom stereocenters. The molecular formula is C20H27N5. The zero-order valence-corrected chi connectivity index (χ0v) is 15.6. The van der Waals surface area contributed by atoms with Crippen molar-refractivity contribution in [1.82, 2.24) is 25.1 Å². The van der Waals surface area contributed by atoms with E-state index < -0.39 is 0 Å². The molecule has 0 amide bonds. The Hall–Kier alpha value is -2.14. The summed E-state index contributed by atoms with van der Waals surface area (Å²) < 4.78 is 0. The average Bonchev–Trinajstić information content (AvgIpc) is 3.16. The zero-order valence-electron chi connectivity index (χ0n) is 15.6. The summed E-state index contributed by atoms with van der Waals surface area (Å²) in [6.07, 6.45) is 2.28. The smallest absolute Gasteiger partial charge is 0.159 e. The van der Waals surface area contributed by atoms with Gasteiger partial charge in [0.15, 0.2) is 5.82 Å². The van der Waals surface area contributed by atoms with Crippen molar-refractivity contribution in [1.29, 1.82) is 0 Å². The summed E-state index contributed by atoms with van der Waals surface area (Å²) in [5, 5.41) is 7.85. The number of rotatable bonds is 4. The molecule has 0 saturated heterocycles. The molecule has 2 aromatic heterocycles. The molecule has 0 saturated carbocycles. The number of fused-ring (bicyclic) bond motifs is 2. The van der Waals surface area contributed by atoms with Crippen LogP contribution in [0.3, 0.4) is 0 Å². The lowest BCUT2D eigenvalue weighted by Crippen LogP contribution is -2.31. The number of benzene rings is 1. The third-order valence-electron chi connectivity index (χ3n) is 5.36. The number of aryl methyl sites for hydroxylation is 2. The van der Waals surface area contributed by atoms with Gasteiger partial charge in [0, 0.05) is 18.7 Å². The minimum atomic E-state index is 0.751. The lowest BCUT2D eigenvalue weighted by Gasteiger charge is -2.27. The third kappa shape index (κ3) is 3.09. The molecule has 25 heavy (non-hydrogen) atoms. The molecule has 5 heteroatoms. The van der Waals surface area contributed by atoms with Crippen LogP contribution in [0.4, 0.5) is 0 Å². The molecule has 2 N–H and O–H groups in total. The van der Waals surface area contributed by atoms with Crippen LogP contribution in [0, 0.1) is 19.8 Å². The highest BCUT2D eigenvalue weighted by atomic mass is 15.2. The van der Waals surface area contributed by atoms with Gasteiger partial charge in [0.05, 0.1) is 16.7 Å². The summed E-state index contributed by atoms with van der Waals surface area (Å²) in [6, 6.07) is 4.32. The molecule has 0 aliphatic carbocycles. The lowest BCUT2D eigenvalue weighted by atomic mass is 10.0. The Morgan fingerprint density at radius 1 is 1.20 bits per heavy atom. The van der Waals surface area contributed by atoms with Crippen LogP contribution in [0.1, 0.15) is 42.7 Å². The Morgan fingerprint density at radius 2 is 2.00 bits per heavy atom. The first-order valence-corrected chi connectivity index (χ1v) is 9.27. The molecule has 0 atom stereocenters. The molecule has 4 rings (SSSR count). The molecule has 0 spiro atoms. The highest BCUT2D eigenvalue weighted by Gasteiger charge is 2.24. The molecule has 0 bridgehead atoms. The van der Waals surface area contributed by atoms with Gasteiger partial charge in [0.1, 0.15) is 5.69 Å². The van der Waals surface area contributed by atoms with Crippen LogP contribution in [0.25, 0.3) is 22.6 Å². The fraction of sp³-hybridized carbons (Fsp3) is 0.500. The van der Waals surface area contributed by atoms with E-state index in [1.807, 2.05) is 0 Å². The number of imidazole rings is 1. The predicted octanol–water partition coefficient (Wildman–Crippen LogP) is 3.97. The molecular weight excluding hydrogens is 310 g/mol. The van der Waals surface area contributed by atoms with Gasteiger partial charge in [0.25, 0.3) is 0 Å². The van der Waals surface area contributed by atoms with Crippen molar-refractivity contribution >= 4 is 11.0 Å². The Labute approximate surface area is 148 Å². The van der Waals surface area contributed by atoms with Crippen LogP contribution < -0.4 is 0 Å². The summed E-state index contributed by atoms with van der Waals surface area (Å²) in [4.78, 5) is 10.8. The summed E-state index contributed by atoms with van der Waals surface area (Å²) in [7, 11) is 0. The number of aromatic amines is 2. The van der Waals surface area contributed by atoms with Gasteiger partial charge in [-0.1, -0.05) is 13.8 Å². The third-order valence-corrected chi connectivity index (χ3v) is 5.36. The number of nitrogens with zero attached hydrogens (tertiary/aromatic N) is 3. The van der Waals surface area contributed by atoms with Gasteiger partial charge in [0.2, 0.25) is 0 Å². The predicted molar refractivity (Wildman–Crippen MR) is 102 cm³/mol. The fourth-order valence-corrected chi connectivity index (χ4v) is 3.58. The topological polar surface area (TPSA) is 60.6 Å². The average molecular weight is 337 g/mol. The molecule has 1 aromatic carbocycles. The highest BCUT2D eigenvalue weighted by Crippen LogP contribution is 2.29. The van der Waals surface area contributed by atoms with Gasteiger partial charge in [-0.3, -0.25) is 10.00 Å². The number of H-pyrrole nitrogens is 2. The highest BCUT2D eigenvalue weighted by molar-refractivity contribution is 5.81. The first kappa shape index (κ1) is 16.3. The van der Waals surface area contributed by atoms with Crippen LogP contribution in [-0.2, 0) is 13.0 Å². The van der Waals surface area contributed by atoms with Crippen LogP contribution in [-0.4, -0.2) is 38.2 Å². The maximum Gasteiger partial charge on any atom is 0.159 e. The van der Waals surface area contributed by atoms with E-state index in [9.17, 15) is 0 Å². The number of hydrogen-bond acceptors (Lipinski definition) is 3. The quantitative estimate of drug-likeness (QED) is 0.757. The van der Waals surface area contributed by atoms with Crippen molar-refractivity contribution in [3.8, 4) is 11.5 Å². The molecule has 1 aliphatic rings. The Morgan fingerprint density at radius 3 is 2.80 bits per heavy atom. The summed E-state index contributed by atoms with van der Waals surface area (Å²) in [5.41, 5.74) is 8.23. The Bertz CT molecular complexity index is 863. The second kappa shape index (κ2) is 6.30. The van der Waals surface area contributed by atoms with Gasteiger partial charge in [-0.25, -0.2) is 4.98 Å². The van der Waals surface area contributed by atoms with E-state index in [1.165, 1.54) is 28.8 Å². The van der Waals surface area contributed by atoms with Gasteiger partial charge >= 0.3 is 0 Å². The van der Waals surface area contributed by atoms with Gasteiger partial charge in [-0.15, -0.1) is 0 Å². The standard InChI is InChI=1S/C20H27N5/c1-12(2)5-7-25-8-6-15-18(11-25)23-24-19(15)20-21-16-9-13(3)14(4)10-17(16)22-20/h9-10,12H,5-8,11H2,1-4H3,(H,21,22)(H,23,24). The second-order valence-corrected chi connectivity index (χ2v) is 7.78. The first-order chi connectivity index (χ1) is 12.0. The van der Waals surface area contributed by atoms with Gasteiger partial charge < -0.3 is 4.98 Å². The molecule has 3 aromatic rings. The van der Waals surface area contributed by atoms with Crippen LogP contribution >= 0.6 is 0 Å². The zero-order chi connectivity index (χ0) is 17.6. The lowest BCUT2D eigenvalue weighted by molar-refractivity contribution is 0.237. The summed E-state index contributed by atoms with van der Waals surface area (Å²) >= 11 is 0. The molecule has 132 valence electrons. The van der Waals surface area contributed by atoms with E-state index in [0.29, 0.717) is 0 Å². The minimum absolute atomic E-state index is 0.751. The van der Waals surface area contributed by atoms with E-state index >= 15 is 0 Å². The number of aromatic nitrogens is 4. The second-order valence-electron chi connectivity index (χ2n) is 7.78. The number of hydrogen-bond donors (Lipinski definition) is 2. The molecule has 0 fully saturated rings. The van der Waals surface area contributed by atoms with E-state index in [4.69, 9.17) is 4.98 Å². The van der Waals surface area contributed by atoms with E-state index in [1.54, 1.807) is 0 Å². The van der Waals surface area contributed by atoms with Crippen molar-refractivity contribution < 1.29 is 0 Å². The van der Waals surface area contributed by atoms with Crippen molar-refractivity contribution in [3.05, 3.63) is 34.5 Å². The maximum atomic E-state index is 4.79. The van der Waals surface area contributed by atoms with E-state index in [-0.39, 0.29) is 0 Å². The van der Waals surface area contributed by atoms with Crippen LogP contribution in [0.15, 0.2) is 12.1 Å². The van der Waals surface area contributed by atoms with Crippen LogP contribution in [0.2, 0.25) is 0 Å². The monoisotopic (exact) mass is 337 g/mol. The van der Waals surface area contributed by atoms with Gasteiger partial charge in [-0.05, 0) is 62.4 Å². The van der Waals surface area contributed by atoms with Crippen molar-refractivity contribution in [2.45, 2.75) is 47.1 Å². The SMILES string of the molecule is Cc1cc2nc(-c3n[nH]c4c3CCN(CCC(C)C)C4)[nH]c2cc1C. The maximum absolute atomic E-state index is 4.79. The Kier molecular flexibility index (Phi) is 4.12. The molecule has 1 aliphatic heterocycles. The molecule has 5 nitrogen and oxygen atoms in total. The van der Waals surface area contributed by atoms with Crippen molar-refractivity contribution in [2.24, 2.45) is 5.92 Å². The Balaban J connectivity index is 1.61. The molecule has 0 radical (unpaired) electrons. The normalized spacial score (nSPS) is 15.2. The van der Waals surface area contributed by atoms with E-state index in [0.717, 1.165) is 54.5 Å². The largest absolute Gasteiger partial charge is 0.337 e. The van der Waals surface area contributed by atoms with Gasteiger partial charge in [-0.2, -0.15) is 5.10 Å². The number of nitrogens with one attached hydrogen (secondary N) is 2. The summed E-state index contributed by atoms with van der Waals surface area (Å²) in [5.74, 6) is 1.63.